The first-order valence-corrected chi connectivity index (χ1v) is 8.41. The number of sulfone groups is 1. The molecule has 1 aliphatic heterocycles. The van der Waals surface area contributed by atoms with E-state index >= 15 is 0 Å². The summed E-state index contributed by atoms with van der Waals surface area (Å²) in [6, 6.07) is 0. The molecule has 20 heavy (non-hydrogen) atoms. The molecule has 7 nitrogen and oxygen atoms in total. The summed E-state index contributed by atoms with van der Waals surface area (Å²) in [6.07, 6.45) is 3.84. The minimum Gasteiger partial charge on any atom is -0.476 e. The molecule has 1 N–H and O–H groups in total. The zero-order chi connectivity index (χ0) is 14.9. The second kappa shape index (κ2) is 5.53. The Labute approximate surface area is 118 Å². The zero-order valence-electron chi connectivity index (χ0n) is 11.7. The summed E-state index contributed by atoms with van der Waals surface area (Å²) in [6.45, 7) is 2.75. The Hall–Kier alpha value is -1.41. The van der Waals surface area contributed by atoms with Gasteiger partial charge in [0, 0.05) is 26.3 Å². The van der Waals surface area contributed by atoms with E-state index in [4.69, 9.17) is 0 Å². The van der Waals surface area contributed by atoms with Crippen molar-refractivity contribution in [1.82, 2.24) is 14.5 Å². The van der Waals surface area contributed by atoms with Crippen LogP contribution in [0.25, 0.3) is 0 Å². The number of aromatic nitrogens is 2. The van der Waals surface area contributed by atoms with E-state index < -0.39 is 15.8 Å². The van der Waals surface area contributed by atoms with E-state index in [0.717, 1.165) is 38.7 Å². The Morgan fingerprint density at radius 2 is 1.95 bits per heavy atom. The Morgan fingerprint density at radius 1 is 1.35 bits per heavy atom. The first kappa shape index (κ1) is 15.0. The maximum absolute atomic E-state index is 11.6. The third kappa shape index (κ3) is 3.01. The Morgan fingerprint density at radius 3 is 2.45 bits per heavy atom. The van der Waals surface area contributed by atoms with Gasteiger partial charge in [0.1, 0.15) is 0 Å². The van der Waals surface area contributed by atoms with Gasteiger partial charge in [-0.2, -0.15) is 0 Å². The highest BCUT2D eigenvalue weighted by Gasteiger charge is 2.25. The number of hydrogen-bond donors (Lipinski definition) is 1. The number of carboxylic acids is 1. The van der Waals surface area contributed by atoms with Gasteiger partial charge in [-0.3, -0.25) is 0 Å². The van der Waals surface area contributed by atoms with Gasteiger partial charge in [-0.05, 0) is 25.9 Å². The summed E-state index contributed by atoms with van der Waals surface area (Å²) < 4.78 is 24.6. The first-order chi connectivity index (χ1) is 9.30. The first-order valence-electron chi connectivity index (χ1n) is 6.52. The van der Waals surface area contributed by atoms with Gasteiger partial charge in [-0.25, -0.2) is 18.2 Å². The van der Waals surface area contributed by atoms with E-state index in [2.05, 4.69) is 9.88 Å². The molecule has 0 bridgehead atoms. The van der Waals surface area contributed by atoms with E-state index in [9.17, 15) is 18.3 Å². The van der Waals surface area contributed by atoms with E-state index in [1.165, 1.54) is 4.57 Å². The number of carboxylic acid groups (broad SMARTS) is 1. The van der Waals surface area contributed by atoms with E-state index in [1.807, 2.05) is 0 Å². The largest absolute Gasteiger partial charge is 0.476 e. The molecule has 112 valence electrons. The lowest BCUT2D eigenvalue weighted by Crippen LogP contribution is -2.23. The summed E-state index contributed by atoms with van der Waals surface area (Å²) >= 11 is 0. The van der Waals surface area contributed by atoms with Gasteiger partial charge in [0.15, 0.2) is 5.69 Å². The molecule has 1 aromatic rings. The number of rotatable bonds is 5. The molecule has 2 heterocycles. The van der Waals surface area contributed by atoms with E-state index in [-0.39, 0.29) is 10.9 Å². The molecular weight excluding hydrogens is 282 g/mol. The molecule has 0 aliphatic carbocycles. The van der Waals surface area contributed by atoms with Gasteiger partial charge in [-0.15, -0.1) is 0 Å². The van der Waals surface area contributed by atoms with Crippen LogP contribution in [0.5, 0.6) is 0 Å². The molecule has 0 radical (unpaired) electrons. The van der Waals surface area contributed by atoms with Crippen LogP contribution in [0.3, 0.4) is 0 Å². The van der Waals surface area contributed by atoms with Crippen molar-refractivity contribution in [3.63, 3.8) is 0 Å². The number of carbonyl (C=O) groups is 1. The molecule has 0 unspecified atom stereocenters. The standard InChI is InChI=1S/C12H19N3O4S/c1-14-9(5-8-15-6-3-4-7-15)10(11(16)17)13-12(14)20(2,18)19/h3-8H2,1-2H3,(H,16,17). The monoisotopic (exact) mass is 301 g/mol. The average molecular weight is 301 g/mol. The average Bonchev–Trinajstić information content (AvgIpc) is 2.92. The van der Waals surface area contributed by atoms with Crippen LogP contribution in [0.4, 0.5) is 0 Å². The summed E-state index contributed by atoms with van der Waals surface area (Å²) in [7, 11) is -1.98. The number of aromatic carboxylic acids is 1. The quantitative estimate of drug-likeness (QED) is 0.833. The molecule has 1 saturated heterocycles. The van der Waals surface area contributed by atoms with Crippen molar-refractivity contribution in [3.8, 4) is 0 Å². The van der Waals surface area contributed by atoms with Gasteiger partial charge < -0.3 is 14.6 Å². The maximum Gasteiger partial charge on any atom is 0.356 e. The molecule has 8 heteroatoms. The van der Waals surface area contributed by atoms with E-state index in [1.54, 1.807) is 7.05 Å². The minimum atomic E-state index is -3.53. The van der Waals surface area contributed by atoms with Gasteiger partial charge >= 0.3 is 5.97 Å². The molecule has 0 aromatic carbocycles. The third-order valence-electron chi connectivity index (χ3n) is 3.57. The Bertz CT molecular complexity index is 615. The van der Waals surface area contributed by atoms with Crippen LogP contribution >= 0.6 is 0 Å². The zero-order valence-corrected chi connectivity index (χ0v) is 12.5. The molecule has 0 spiro atoms. The topological polar surface area (TPSA) is 92.5 Å². The smallest absolute Gasteiger partial charge is 0.356 e. The fourth-order valence-corrected chi connectivity index (χ4v) is 3.43. The number of hydrogen-bond acceptors (Lipinski definition) is 5. The number of likely N-dealkylation sites (tertiary alicyclic amines) is 1. The van der Waals surface area contributed by atoms with Crippen molar-refractivity contribution in [3.05, 3.63) is 11.4 Å². The molecule has 0 atom stereocenters. The summed E-state index contributed by atoms with van der Waals surface area (Å²) in [4.78, 5) is 17.3. The Balaban J connectivity index is 2.29. The lowest BCUT2D eigenvalue weighted by Gasteiger charge is -2.14. The summed E-state index contributed by atoms with van der Waals surface area (Å²) in [5.41, 5.74) is 0.303. The molecule has 0 saturated carbocycles. The summed E-state index contributed by atoms with van der Waals surface area (Å²) in [5.74, 6) is -1.19. The van der Waals surface area contributed by atoms with Crippen molar-refractivity contribution < 1.29 is 18.3 Å². The van der Waals surface area contributed by atoms with Crippen molar-refractivity contribution in [2.24, 2.45) is 7.05 Å². The van der Waals surface area contributed by atoms with Crippen LogP contribution in [-0.2, 0) is 23.3 Å². The highest BCUT2D eigenvalue weighted by atomic mass is 32.2. The van der Waals surface area contributed by atoms with E-state index in [0.29, 0.717) is 12.1 Å². The summed E-state index contributed by atoms with van der Waals surface area (Å²) in [5, 5.41) is 8.99. The predicted molar refractivity (Wildman–Crippen MR) is 72.7 cm³/mol. The third-order valence-corrected chi connectivity index (χ3v) is 4.60. The molecular formula is C12H19N3O4S. The number of nitrogens with zero attached hydrogens (tertiary/aromatic N) is 3. The fraction of sp³-hybridized carbons (Fsp3) is 0.667. The van der Waals surface area contributed by atoms with Gasteiger partial charge in [0.25, 0.3) is 0 Å². The fourth-order valence-electron chi connectivity index (χ4n) is 2.57. The van der Waals surface area contributed by atoms with Crippen LogP contribution in [0.2, 0.25) is 0 Å². The molecule has 1 aromatic heterocycles. The van der Waals surface area contributed by atoms with Crippen LogP contribution in [0.15, 0.2) is 5.16 Å². The van der Waals surface area contributed by atoms with Gasteiger partial charge in [-0.1, -0.05) is 0 Å². The van der Waals surface area contributed by atoms with Gasteiger partial charge in [0.05, 0.1) is 5.69 Å². The van der Waals surface area contributed by atoms with Crippen molar-refractivity contribution in [1.29, 1.82) is 0 Å². The lowest BCUT2D eigenvalue weighted by atomic mass is 10.2. The second-order valence-electron chi connectivity index (χ2n) is 5.12. The van der Waals surface area contributed by atoms with Crippen LogP contribution in [0, 0.1) is 0 Å². The highest BCUT2D eigenvalue weighted by Crippen LogP contribution is 2.17. The molecule has 1 aliphatic rings. The molecule has 0 amide bonds. The predicted octanol–water partition coefficient (Wildman–Crippen LogP) is 0.160. The van der Waals surface area contributed by atoms with Crippen molar-refractivity contribution in [2.75, 3.05) is 25.9 Å². The van der Waals surface area contributed by atoms with Crippen molar-refractivity contribution >= 4 is 15.8 Å². The van der Waals surface area contributed by atoms with Crippen LogP contribution in [-0.4, -0.2) is 59.8 Å². The molecule has 1 fully saturated rings. The SMILES string of the molecule is Cn1c(S(C)(=O)=O)nc(C(=O)O)c1CCN1CCCC1. The van der Waals surface area contributed by atoms with Crippen molar-refractivity contribution in [2.45, 2.75) is 24.4 Å². The van der Waals surface area contributed by atoms with Crippen LogP contribution in [0.1, 0.15) is 29.0 Å². The maximum atomic E-state index is 11.6. The van der Waals surface area contributed by atoms with Gasteiger partial charge in [0.2, 0.25) is 15.0 Å². The lowest BCUT2D eigenvalue weighted by molar-refractivity contribution is 0.0689. The second-order valence-corrected chi connectivity index (χ2v) is 7.03. The minimum absolute atomic E-state index is 0.160. The highest BCUT2D eigenvalue weighted by molar-refractivity contribution is 7.90. The normalized spacial score (nSPS) is 16.7. The van der Waals surface area contributed by atoms with Crippen LogP contribution < -0.4 is 0 Å². The molecule has 2 rings (SSSR count). The Kier molecular flexibility index (Phi) is 4.14. The number of imidazole rings is 1.